The number of aliphatic carboxylic acids is 1. The van der Waals surface area contributed by atoms with Crippen molar-refractivity contribution in [2.75, 3.05) is 18.0 Å². The molecule has 0 spiro atoms. The number of nitrogens with zero attached hydrogens (tertiary/aromatic N) is 1. The Hall–Kier alpha value is -1.71. The van der Waals surface area contributed by atoms with Gasteiger partial charge in [-0.3, -0.25) is 4.79 Å². The van der Waals surface area contributed by atoms with Crippen LogP contribution < -0.4 is 4.90 Å². The molecule has 0 bridgehead atoms. The van der Waals surface area contributed by atoms with Gasteiger partial charge in [-0.15, -0.1) is 0 Å². The van der Waals surface area contributed by atoms with Crippen molar-refractivity contribution in [3.8, 4) is 5.75 Å². The molecule has 0 amide bonds. The maximum Gasteiger partial charge on any atom is 0.308 e. The van der Waals surface area contributed by atoms with Crippen molar-refractivity contribution in [1.82, 2.24) is 0 Å². The quantitative estimate of drug-likeness (QED) is 0.767. The number of hydrogen-bond donors (Lipinski definition) is 2. The van der Waals surface area contributed by atoms with E-state index in [0.717, 1.165) is 12.2 Å². The van der Waals surface area contributed by atoms with Gasteiger partial charge in [0.1, 0.15) is 5.75 Å². The minimum Gasteiger partial charge on any atom is -0.508 e. The second-order valence-corrected chi connectivity index (χ2v) is 3.79. The van der Waals surface area contributed by atoms with Gasteiger partial charge in [-0.1, -0.05) is 0 Å². The van der Waals surface area contributed by atoms with E-state index in [1.807, 2.05) is 4.90 Å². The summed E-state index contributed by atoms with van der Waals surface area (Å²) >= 11 is 0. The molecule has 1 heterocycles. The maximum atomic E-state index is 10.8. The smallest absolute Gasteiger partial charge is 0.308 e. The molecule has 2 N–H and O–H groups in total. The molecule has 1 aromatic carbocycles. The van der Waals surface area contributed by atoms with Gasteiger partial charge in [0, 0.05) is 18.8 Å². The normalized spacial score (nSPS) is 20.5. The lowest BCUT2D eigenvalue weighted by Gasteiger charge is -2.17. The van der Waals surface area contributed by atoms with Gasteiger partial charge in [-0.2, -0.15) is 0 Å². The Morgan fingerprint density at radius 2 is 2.00 bits per heavy atom. The lowest BCUT2D eigenvalue weighted by molar-refractivity contribution is -0.140. The third kappa shape index (κ3) is 2.03. The number of anilines is 1. The summed E-state index contributed by atoms with van der Waals surface area (Å²) in [6.45, 7) is 1.32. The second kappa shape index (κ2) is 3.81. The molecule has 0 aromatic heterocycles. The molecule has 1 aliphatic heterocycles. The van der Waals surface area contributed by atoms with E-state index in [9.17, 15) is 4.79 Å². The molecule has 1 unspecified atom stereocenters. The molecule has 1 fully saturated rings. The van der Waals surface area contributed by atoms with Crippen LogP contribution in [0.25, 0.3) is 0 Å². The zero-order chi connectivity index (χ0) is 10.8. The van der Waals surface area contributed by atoms with Crippen LogP contribution in [0.3, 0.4) is 0 Å². The molecule has 1 aromatic rings. The molecule has 80 valence electrons. The summed E-state index contributed by atoms with van der Waals surface area (Å²) in [5.74, 6) is -0.761. The van der Waals surface area contributed by atoms with Gasteiger partial charge in [0.2, 0.25) is 0 Å². The van der Waals surface area contributed by atoms with Crippen molar-refractivity contribution < 1.29 is 15.0 Å². The topological polar surface area (TPSA) is 60.8 Å². The van der Waals surface area contributed by atoms with Gasteiger partial charge in [0.25, 0.3) is 0 Å². The second-order valence-electron chi connectivity index (χ2n) is 3.79. The van der Waals surface area contributed by atoms with Crippen LogP contribution in [0.15, 0.2) is 24.3 Å². The average Bonchev–Trinajstić information content (AvgIpc) is 2.68. The molecule has 1 saturated heterocycles. The van der Waals surface area contributed by atoms with E-state index in [1.54, 1.807) is 24.3 Å². The van der Waals surface area contributed by atoms with E-state index in [4.69, 9.17) is 10.2 Å². The van der Waals surface area contributed by atoms with Crippen molar-refractivity contribution in [1.29, 1.82) is 0 Å². The number of benzene rings is 1. The van der Waals surface area contributed by atoms with Crippen LogP contribution in [0.5, 0.6) is 5.75 Å². The van der Waals surface area contributed by atoms with Crippen LogP contribution in [0.2, 0.25) is 0 Å². The molecule has 1 aliphatic rings. The predicted octanol–water partition coefficient (Wildman–Crippen LogP) is 1.30. The molecule has 2 rings (SSSR count). The fraction of sp³-hybridized carbons (Fsp3) is 0.364. The van der Waals surface area contributed by atoms with Gasteiger partial charge in [0.05, 0.1) is 5.92 Å². The van der Waals surface area contributed by atoms with Gasteiger partial charge in [-0.05, 0) is 30.7 Å². The first-order valence-corrected chi connectivity index (χ1v) is 4.93. The summed E-state index contributed by atoms with van der Waals surface area (Å²) in [5.41, 5.74) is 0.969. The number of hydrogen-bond acceptors (Lipinski definition) is 3. The zero-order valence-electron chi connectivity index (χ0n) is 8.26. The Labute approximate surface area is 87.8 Å². The highest BCUT2D eigenvalue weighted by Crippen LogP contribution is 2.25. The summed E-state index contributed by atoms with van der Waals surface area (Å²) in [4.78, 5) is 12.8. The van der Waals surface area contributed by atoms with E-state index >= 15 is 0 Å². The van der Waals surface area contributed by atoms with Crippen LogP contribution in [0.4, 0.5) is 5.69 Å². The number of aromatic hydroxyl groups is 1. The van der Waals surface area contributed by atoms with Crippen LogP contribution in [-0.4, -0.2) is 29.3 Å². The standard InChI is InChI=1S/C11H13NO3/c13-10-3-1-9(2-4-10)12-6-5-8(7-12)11(14)15/h1-4,8,13H,5-7H2,(H,14,15). The summed E-state index contributed by atoms with van der Waals surface area (Å²) in [5, 5.41) is 18.0. The van der Waals surface area contributed by atoms with Gasteiger partial charge in [0.15, 0.2) is 0 Å². The number of phenolic OH excluding ortho intramolecular Hbond substituents is 1. The molecular weight excluding hydrogens is 194 g/mol. The average molecular weight is 207 g/mol. The van der Waals surface area contributed by atoms with E-state index in [0.29, 0.717) is 13.0 Å². The Morgan fingerprint density at radius 1 is 1.33 bits per heavy atom. The number of carboxylic acid groups (broad SMARTS) is 1. The van der Waals surface area contributed by atoms with Crippen molar-refractivity contribution in [3.63, 3.8) is 0 Å². The van der Waals surface area contributed by atoms with Crippen LogP contribution in [-0.2, 0) is 4.79 Å². The Kier molecular flexibility index (Phi) is 2.49. The van der Waals surface area contributed by atoms with Crippen molar-refractivity contribution >= 4 is 11.7 Å². The lowest BCUT2D eigenvalue weighted by Crippen LogP contribution is -2.22. The van der Waals surface area contributed by atoms with Crippen molar-refractivity contribution in [2.24, 2.45) is 5.92 Å². The molecule has 0 aliphatic carbocycles. The Balaban J connectivity index is 2.07. The van der Waals surface area contributed by atoms with Crippen LogP contribution >= 0.6 is 0 Å². The molecule has 4 nitrogen and oxygen atoms in total. The highest BCUT2D eigenvalue weighted by Gasteiger charge is 2.27. The van der Waals surface area contributed by atoms with Crippen LogP contribution in [0.1, 0.15) is 6.42 Å². The Morgan fingerprint density at radius 3 is 2.53 bits per heavy atom. The summed E-state index contributed by atoms with van der Waals surface area (Å²) in [6, 6.07) is 6.84. The lowest BCUT2D eigenvalue weighted by atomic mass is 10.1. The third-order valence-corrected chi connectivity index (χ3v) is 2.75. The van der Waals surface area contributed by atoms with Gasteiger partial charge in [-0.25, -0.2) is 0 Å². The minimum atomic E-state index is -0.726. The monoisotopic (exact) mass is 207 g/mol. The minimum absolute atomic E-state index is 0.229. The molecule has 0 saturated carbocycles. The maximum absolute atomic E-state index is 10.8. The molecule has 4 heteroatoms. The van der Waals surface area contributed by atoms with E-state index in [-0.39, 0.29) is 11.7 Å². The number of rotatable bonds is 2. The fourth-order valence-corrected chi connectivity index (χ4v) is 1.86. The predicted molar refractivity (Wildman–Crippen MR) is 56.1 cm³/mol. The number of carboxylic acids is 1. The largest absolute Gasteiger partial charge is 0.508 e. The highest BCUT2D eigenvalue weighted by atomic mass is 16.4. The number of phenols is 1. The number of carbonyl (C=O) groups is 1. The first-order valence-electron chi connectivity index (χ1n) is 4.93. The van der Waals surface area contributed by atoms with Crippen molar-refractivity contribution in [2.45, 2.75) is 6.42 Å². The van der Waals surface area contributed by atoms with Crippen molar-refractivity contribution in [3.05, 3.63) is 24.3 Å². The Bertz CT molecular complexity index is 361. The highest BCUT2D eigenvalue weighted by molar-refractivity contribution is 5.72. The first-order chi connectivity index (χ1) is 7.16. The van der Waals surface area contributed by atoms with E-state index in [1.165, 1.54) is 0 Å². The van der Waals surface area contributed by atoms with Gasteiger partial charge < -0.3 is 15.1 Å². The fourth-order valence-electron chi connectivity index (χ4n) is 1.86. The molecule has 15 heavy (non-hydrogen) atoms. The first kappa shape index (κ1) is 9.83. The van der Waals surface area contributed by atoms with Gasteiger partial charge >= 0.3 is 5.97 Å². The molecule has 1 atom stereocenters. The third-order valence-electron chi connectivity index (χ3n) is 2.75. The SMILES string of the molecule is O=C(O)C1CCN(c2ccc(O)cc2)C1. The summed E-state index contributed by atoms with van der Waals surface area (Å²) in [6.07, 6.45) is 0.691. The molecule has 0 radical (unpaired) electrons. The summed E-state index contributed by atoms with van der Waals surface area (Å²) < 4.78 is 0. The van der Waals surface area contributed by atoms with Crippen LogP contribution in [0, 0.1) is 5.92 Å². The molecular formula is C11H13NO3. The summed E-state index contributed by atoms with van der Waals surface area (Å²) in [7, 11) is 0. The van der Waals surface area contributed by atoms with E-state index in [2.05, 4.69) is 0 Å². The zero-order valence-corrected chi connectivity index (χ0v) is 8.26. The van der Waals surface area contributed by atoms with E-state index < -0.39 is 5.97 Å².